The lowest BCUT2D eigenvalue weighted by molar-refractivity contribution is -0.143. The zero-order valence-electron chi connectivity index (χ0n) is 8.61. The van der Waals surface area contributed by atoms with E-state index in [-0.39, 0.29) is 25.2 Å². The van der Waals surface area contributed by atoms with Crippen molar-refractivity contribution >= 4 is 11.9 Å². The van der Waals surface area contributed by atoms with Crippen LogP contribution in [0.1, 0.15) is 25.4 Å². The molecule has 0 fully saturated rings. The van der Waals surface area contributed by atoms with Crippen molar-refractivity contribution in [2.45, 2.75) is 27.1 Å². The number of ether oxygens (including phenoxy) is 2. The van der Waals surface area contributed by atoms with E-state index < -0.39 is 0 Å². The van der Waals surface area contributed by atoms with E-state index >= 15 is 0 Å². The Kier molecular flexibility index (Phi) is 3.91. The van der Waals surface area contributed by atoms with Gasteiger partial charge in [0.25, 0.3) is 0 Å². The van der Waals surface area contributed by atoms with Gasteiger partial charge in [0.15, 0.2) is 0 Å². The highest BCUT2D eigenvalue weighted by Gasteiger charge is 2.04. The van der Waals surface area contributed by atoms with Gasteiger partial charge in [-0.1, -0.05) is 0 Å². The average Bonchev–Trinajstić information content (AvgIpc) is 2.59. The Balaban J connectivity index is 2.41. The molecule has 5 nitrogen and oxygen atoms in total. The molecular weight excluding hydrogens is 200 g/mol. The molecule has 0 unspecified atom stereocenters. The topological polar surface area (TPSA) is 65.7 Å². The Bertz CT molecular complexity index is 320. The van der Waals surface area contributed by atoms with Crippen LogP contribution in [0.2, 0.25) is 0 Å². The monoisotopic (exact) mass is 212 g/mol. The molecule has 0 saturated heterocycles. The number of furan rings is 1. The molecule has 5 heteroatoms. The van der Waals surface area contributed by atoms with E-state index in [2.05, 4.69) is 0 Å². The molecule has 0 spiro atoms. The molecule has 0 radical (unpaired) electrons. The van der Waals surface area contributed by atoms with Gasteiger partial charge in [-0.25, -0.2) is 0 Å². The molecule has 0 aliphatic rings. The van der Waals surface area contributed by atoms with Crippen molar-refractivity contribution in [3.05, 3.63) is 23.7 Å². The molecule has 0 N–H and O–H groups in total. The summed E-state index contributed by atoms with van der Waals surface area (Å²) in [6, 6.07) is 3.34. The summed E-state index contributed by atoms with van der Waals surface area (Å²) in [6.07, 6.45) is 0. The molecule has 1 heterocycles. The maximum absolute atomic E-state index is 10.5. The van der Waals surface area contributed by atoms with Gasteiger partial charge in [0.2, 0.25) is 0 Å². The third-order valence-electron chi connectivity index (χ3n) is 1.55. The molecular formula is C10H12O5. The zero-order valence-corrected chi connectivity index (χ0v) is 8.61. The van der Waals surface area contributed by atoms with Gasteiger partial charge in [-0.05, 0) is 12.1 Å². The minimum Gasteiger partial charge on any atom is -0.459 e. The van der Waals surface area contributed by atoms with Crippen molar-refractivity contribution in [1.82, 2.24) is 0 Å². The van der Waals surface area contributed by atoms with E-state index in [9.17, 15) is 9.59 Å². The number of esters is 2. The second-order valence-corrected chi connectivity index (χ2v) is 2.93. The van der Waals surface area contributed by atoms with Gasteiger partial charge in [-0.3, -0.25) is 9.59 Å². The Morgan fingerprint density at radius 3 is 1.80 bits per heavy atom. The fraction of sp³-hybridized carbons (Fsp3) is 0.400. The van der Waals surface area contributed by atoms with E-state index in [0.717, 1.165) is 0 Å². The largest absolute Gasteiger partial charge is 0.459 e. The van der Waals surface area contributed by atoms with Crippen LogP contribution in [-0.4, -0.2) is 11.9 Å². The van der Waals surface area contributed by atoms with Crippen LogP contribution in [0.3, 0.4) is 0 Å². The summed E-state index contributed by atoms with van der Waals surface area (Å²) in [5, 5.41) is 0. The van der Waals surface area contributed by atoms with Crippen LogP contribution in [0.4, 0.5) is 0 Å². The van der Waals surface area contributed by atoms with Crippen molar-refractivity contribution in [2.24, 2.45) is 0 Å². The number of carbonyl (C=O) groups is 2. The van der Waals surface area contributed by atoms with Crippen molar-refractivity contribution in [2.75, 3.05) is 0 Å². The molecule has 1 aromatic heterocycles. The number of carbonyl (C=O) groups excluding carboxylic acids is 2. The smallest absolute Gasteiger partial charge is 0.303 e. The van der Waals surface area contributed by atoms with Crippen LogP contribution >= 0.6 is 0 Å². The fourth-order valence-corrected chi connectivity index (χ4v) is 0.923. The molecule has 1 rings (SSSR count). The zero-order chi connectivity index (χ0) is 11.3. The van der Waals surface area contributed by atoms with Crippen LogP contribution < -0.4 is 0 Å². The lowest BCUT2D eigenvalue weighted by Crippen LogP contribution is -1.98. The number of rotatable bonds is 4. The van der Waals surface area contributed by atoms with Gasteiger partial charge in [0.1, 0.15) is 24.7 Å². The molecule has 0 bridgehead atoms. The van der Waals surface area contributed by atoms with Gasteiger partial charge in [-0.2, -0.15) is 0 Å². The average molecular weight is 212 g/mol. The lowest BCUT2D eigenvalue weighted by Gasteiger charge is -1.99. The van der Waals surface area contributed by atoms with Crippen LogP contribution in [-0.2, 0) is 32.3 Å². The summed E-state index contributed by atoms with van der Waals surface area (Å²) in [7, 11) is 0. The highest BCUT2D eigenvalue weighted by atomic mass is 16.5. The summed E-state index contributed by atoms with van der Waals surface area (Å²) < 4.78 is 14.7. The Morgan fingerprint density at radius 2 is 1.47 bits per heavy atom. The molecule has 0 amide bonds. The van der Waals surface area contributed by atoms with E-state index in [1.165, 1.54) is 13.8 Å². The van der Waals surface area contributed by atoms with Gasteiger partial charge >= 0.3 is 11.9 Å². The Morgan fingerprint density at radius 1 is 1.07 bits per heavy atom. The molecule has 0 aliphatic carbocycles. The first-order chi connectivity index (χ1) is 7.08. The van der Waals surface area contributed by atoms with Gasteiger partial charge < -0.3 is 13.9 Å². The van der Waals surface area contributed by atoms with Crippen molar-refractivity contribution < 1.29 is 23.5 Å². The first kappa shape index (κ1) is 11.3. The maximum Gasteiger partial charge on any atom is 0.303 e. The first-order valence-electron chi connectivity index (χ1n) is 4.42. The lowest BCUT2D eigenvalue weighted by atomic mass is 10.4. The van der Waals surface area contributed by atoms with Crippen LogP contribution in [0.25, 0.3) is 0 Å². The third kappa shape index (κ3) is 4.30. The first-order valence-corrected chi connectivity index (χ1v) is 4.42. The Hall–Kier alpha value is -1.78. The van der Waals surface area contributed by atoms with Gasteiger partial charge in [0.05, 0.1) is 0 Å². The third-order valence-corrected chi connectivity index (χ3v) is 1.55. The number of hydrogen-bond acceptors (Lipinski definition) is 5. The molecule has 0 saturated carbocycles. The normalized spacial score (nSPS) is 9.73. The molecule has 0 atom stereocenters. The predicted octanol–water partition coefficient (Wildman–Crippen LogP) is 1.41. The fourth-order valence-electron chi connectivity index (χ4n) is 0.923. The SMILES string of the molecule is CC(=O)OCc1ccc(COC(C)=O)o1. The van der Waals surface area contributed by atoms with Crippen LogP contribution in [0.5, 0.6) is 0 Å². The minimum atomic E-state index is -0.368. The summed E-state index contributed by atoms with van der Waals surface area (Å²) >= 11 is 0. The predicted molar refractivity (Wildman–Crippen MR) is 49.6 cm³/mol. The number of hydrogen-bond donors (Lipinski definition) is 0. The molecule has 1 aromatic rings. The summed E-state index contributed by atoms with van der Waals surface area (Å²) in [4.78, 5) is 21.0. The second-order valence-electron chi connectivity index (χ2n) is 2.93. The van der Waals surface area contributed by atoms with Crippen LogP contribution in [0, 0.1) is 0 Å². The van der Waals surface area contributed by atoms with Gasteiger partial charge in [-0.15, -0.1) is 0 Å². The van der Waals surface area contributed by atoms with E-state index in [0.29, 0.717) is 11.5 Å². The standard InChI is InChI=1S/C10H12O5/c1-7(11)13-5-9-3-4-10(15-9)6-14-8(2)12/h3-4H,5-6H2,1-2H3. The van der Waals surface area contributed by atoms with E-state index in [4.69, 9.17) is 13.9 Å². The molecule has 82 valence electrons. The highest BCUT2D eigenvalue weighted by Crippen LogP contribution is 2.10. The summed E-state index contributed by atoms with van der Waals surface area (Å²) in [5.41, 5.74) is 0. The molecule has 15 heavy (non-hydrogen) atoms. The molecule has 0 aliphatic heterocycles. The summed E-state index contributed by atoms with van der Waals surface area (Å²) in [5.74, 6) is 0.306. The van der Waals surface area contributed by atoms with Crippen molar-refractivity contribution in [3.63, 3.8) is 0 Å². The molecule has 0 aromatic carbocycles. The summed E-state index contributed by atoms with van der Waals surface area (Å²) in [6.45, 7) is 2.83. The Labute approximate surface area is 87.0 Å². The quantitative estimate of drug-likeness (QED) is 0.706. The van der Waals surface area contributed by atoms with E-state index in [1.54, 1.807) is 12.1 Å². The second kappa shape index (κ2) is 5.19. The van der Waals surface area contributed by atoms with Crippen molar-refractivity contribution in [3.8, 4) is 0 Å². The van der Waals surface area contributed by atoms with Gasteiger partial charge in [0, 0.05) is 13.8 Å². The van der Waals surface area contributed by atoms with E-state index in [1.807, 2.05) is 0 Å². The highest BCUT2D eigenvalue weighted by molar-refractivity contribution is 5.66. The minimum absolute atomic E-state index is 0.0927. The maximum atomic E-state index is 10.5. The van der Waals surface area contributed by atoms with Crippen LogP contribution in [0.15, 0.2) is 16.5 Å². The van der Waals surface area contributed by atoms with Crippen molar-refractivity contribution in [1.29, 1.82) is 0 Å².